The first-order valence-corrected chi connectivity index (χ1v) is 8.96. The van der Waals surface area contributed by atoms with Crippen molar-refractivity contribution in [3.63, 3.8) is 0 Å². The van der Waals surface area contributed by atoms with Gasteiger partial charge in [0.1, 0.15) is 5.82 Å². The largest absolute Gasteiger partial charge is 0.366 e. The number of nitrogens with zero attached hydrogens (tertiary/aromatic N) is 4. The van der Waals surface area contributed by atoms with Gasteiger partial charge in [-0.25, -0.2) is 9.97 Å². The van der Waals surface area contributed by atoms with E-state index in [-0.39, 0.29) is 0 Å². The minimum Gasteiger partial charge on any atom is -0.366 e. The maximum atomic E-state index is 4.51. The highest BCUT2D eigenvalue weighted by Gasteiger charge is 2.49. The summed E-state index contributed by atoms with van der Waals surface area (Å²) < 4.78 is 0. The van der Waals surface area contributed by atoms with E-state index in [0.717, 1.165) is 30.4 Å². The van der Waals surface area contributed by atoms with E-state index in [4.69, 9.17) is 0 Å². The van der Waals surface area contributed by atoms with Crippen LogP contribution in [0.25, 0.3) is 0 Å². The van der Waals surface area contributed by atoms with Crippen LogP contribution in [0, 0.1) is 5.41 Å². The fourth-order valence-electron chi connectivity index (χ4n) is 4.42. The van der Waals surface area contributed by atoms with E-state index in [1.807, 2.05) is 12.4 Å². The summed E-state index contributed by atoms with van der Waals surface area (Å²) in [5, 5.41) is 0. The maximum absolute atomic E-state index is 4.51. The molecule has 1 aliphatic heterocycles. The molecule has 3 aliphatic rings. The van der Waals surface area contributed by atoms with Crippen molar-refractivity contribution >= 4 is 5.69 Å². The van der Waals surface area contributed by atoms with E-state index < -0.39 is 0 Å². The Morgan fingerprint density at radius 2 is 1.68 bits per heavy atom. The van der Waals surface area contributed by atoms with Gasteiger partial charge >= 0.3 is 0 Å². The van der Waals surface area contributed by atoms with Crippen LogP contribution in [0.3, 0.4) is 0 Å². The predicted octanol–water partition coefficient (Wildman–Crippen LogP) is 3.05. The quantitative estimate of drug-likeness (QED) is 0.859. The van der Waals surface area contributed by atoms with Gasteiger partial charge in [-0.05, 0) is 31.1 Å². The highest BCUT2D eigenvalue weighted by molar-refractivity contribution is 5.42. The zero-order valence-electron chi connectivity index (χ0n) is 14.0. The Morgan fingerprint density at radius 1 is 1.05 bits per heavy atom. The number of aromatic nitrogens is 2. The second-order valence-corrected chi connectivity index (χ2v) is 7.89. The molecule has 1 saturated heterocycles. The Morgan fingerprint density at radius 3 is 2.18 bits per heavy atom. The topological polar surface area (TPSA) is 32.3 Å². The SMILES string of the molecule is CC(C)c1ncc(N2CCN(C3CC4(CCC4)C3)CC2)cn1. The third-order valence-electron chi connectivity index (χ3n) is 6.12. The lowest BCUT2D eigenvalue weighted by Crippen LogP contribution is -2.58. The summed E-state index contributed by atoms with van der Waals surface area (Å²) in [6.07, 6.45) is 11.4. The van der Waals surface area contributed by atoms with Gasteiger partial charge in [0.25, 0.3) is 0 Å². The molecule has 0 N–H and O–H groups in total. The fourth-order valence-corrected chi connectivity index (χ4v) is 4.42. The summed E-state index contributed by atoms with van der Waals surface area (Å²) in [6, 6.07) is 0.877. The third-order valence-corrected chi connectivity index (χ3v) is 6.12. The molecular weight excluding hydrogens is 272 g/mol. The zero-order chi connectivity index (χ0) is 15.2. The average Bonchev–Trinajstić information content (AvgIpc) is 2.45. The second kappa shape index (κ2) is 5.48. The lowest BCUT2D eigenvalue weighted by molar-refractivity contribution is -0.0561. The molecule has 0 bridgehead atoms. The monoisotopic (exact) mass is 300 g/mol. The highest BCUT2D eigenvalue weighted by Crippen LogP contribution is 2.57. The summed E-state index contributed by atoms with van der Waals surface area (Å²) >= 11 is 0. The van der Waals surface area contributed by atoms with E-state index in [2.05, 4.69) is 33.6 Å². The lowest BCUT2D eigenvalue weighted by atomic mass is 9.54. The third kappa shape index (κ3) is 2.51. The fraction of sp³-hybridized carbons (Fsp3) is 0.778. The van der Waals surface area contributed by atoms with Gasteiger partial charge in [0.05, 0.1) is 18.1 Å². The molecule has 4 heteroatoms. The summed E-state index contributed by atoms with van der Waals surface area (Å²) in [7, 11) is 0. The molecule has 2 heterocycles. The molecule has 0 unspecified atom stereocenters. The average molecular weight is 300 g/mol. The van der Waals surface area contributed by atoms with Crippen LogP contribution in [-0.4, -0.2) is 47.1 Å². The molecule has 120 valence electrons. The van der Waals surface area contributed by atoms with Crippen molar-refractivity contribution in [2.45, 2.75) is 57.9 Å². The maximum Gasteiger partial charge on any atom is 0.130 e. The number of hydrogen-bond donors (Lipinski definition) is 0. The Balaban J connectivity index is 1.30. The Bertz CT molecular complexity index is 504. The van der Waals surface area contributed by atoms with Crippen LogP contribution in [0.1, 0.15) is 57.7 Å². The number of piperazine rings is 1. The highest BCUT2D eigenvalue weighted by atomic mass is 15.3. The molecule has 0 aromatic carbocycles. The molecule has 4 nitrogen and oxygen atoms in total. The van der Waals surface area contributed by atoms with Gasteiger partial charge in [0, 0.05) is 38.1 Å². The van der Waals surface area contributed by atoms with Gasteiger partial charge in [-0.2, -0.15) is 0 Å². The lowest BCUT2D eigenvalue weighted by Gasteiger charge is -2.58. The molecule has 1 aromatic heterocycles. The van der Waals surface area contributed by atoms with Crippen molar-refractivity contribution in [2.75, 3.05) is 31.1 Å². The van der Waals surface area contributed by atoms with E-state index in [1.165, 1.54) is 50.9 Å². The molecule has 1 spiro atoms. The molecule has 0 radical (unpaired) electrons. The zero-order valence-corrected chi connectivity index (χ0v) is 14.0. The van der Waals surface area contributed by atoms with Crippen molar-refractivity contribution in [3.8, 4) is 0 Å². The molecule has 0 atom stereocenters. The van der Waals surface area contributed by atoms with E-state index in [0.29, 0.717) is 5.92 Å². The van der Waals surface area contributed by atoms with Crippen LogP contribution in [0.5, 0.6) is 0 Å². The summed E-state index contributed by atoms with van der Waals surface area (Å²) in [5.74, 6) is 1.35. The molecule has 1 aromatic rings. The first kappa shape index (κ1) is 14.4. The summed E-state index contributed by atoms with van der Waals surface area (Å²) in [6.45, 7) is 8.92. The molecular formula is C18H28N4. The van der Waals surface area contributed by atoms with Crippen LogP contribution in [0.15, 0.2) is 12.4 Å². The Labute approximate surface area is 133 Å². The van der Waals surface area contributed by atoms with Crippen molar-refractivity contribution in [1.82, 2.24) is 14.9 Å². The second-order valence-electron chi connectivity index (χ2n) is 7.89. The van der Waals surface area contributed by atoms with E-state index in [1.54, 1.807) is 0 Å². The van der Waals surface area contributed by atoms with Gasteiger partial charge in [-0.1, -0.05) is 20.3 Å². The van der Waals surface area contributed by atoms with E-state index >= 15 is 0 Å². The van der Waals surface area contributed by atoms with Crippen LogP contribution in [-0.2, 0) is 0 Å². The van der Waals surface area contributed by atoms with Crippen molar-refractivity contribution in [3.05, 3.63) is 18.2 Å². The smallest absolute Gasteiger partial charge is 0.130 e. The van der Waals surface area contributed by atoms with Gasteiger partial charge in [0.15, 0.2) is 0 Å². The number of anilines is 1. The van der Waals surface area contributed by atoms with Gasteiger partial charge in [-0.15, -0.1) is 0 Å². The normalized spacial score (nSPS) is 25.3. The summed E-state index contributed by atoms with van der Waals surface area (Å²) in [4.78, 5) is 14.2. The Kier molecular flexibility index (Phi) is 3.60. The molecule has 2 aliphatic carbocycles. The summed E-state index contributed by atoms with van der Waals surface area (Å²) in [5.41, 5.74) is 1.98. The molecule has 4 rings (SSSR count). The molecule has 2 saturated carbocycles. The first-order valence-electron chi connectivity index (χ1n) is 8.96. The van der Waals surface area contributed by atoms with Crippen LogP contribution in [0.2, 0.25) is 0 Å². The molecule has 3 fully saturated rings. The first-order chi connectivity index (χ1) is 10.7. The van der Waals surface area contributed by atoms with Crippen LogP contribution in [0.4, 0.5) is 5.69 Å². The van der Waals surface area contributed by atoms with Crippen molar-refractivity contribution in [1.29, 1.82) is 0 Å². The van der Waals surface area contributed by atoms with Crippen molar-refractivity contribution in [2.24, 2.45) is 5.41 Å². The minimum absolute atomic E-state index is 0.406. The standard InChI is InChI=1S/C18H28N4/c1-14(2)17-19-12-16(13-20-17)22-8-6-21(7-9-22)15-10-18(11-15)4-3-5-18/h12-15H,3-11H2,1-2H3. The van der Waals surface area contributed by atoms with E-state index in [9.17, 15) is 0 Å². The van der Waals surface area contributed by atoms with Gasteiger partial charge in [0.2, 0.25) is 0 Å². The van der Waals surface area contributed by atoms with Crippen LogP contribution < -0.4 is 4.90 Å². The van der Waals surface area contributed by atoms with Crippen molar-refractivity contribution < 1.29 is 0 Å². The van der Waals surface area contributed by atoms with Gasteiger partial charge < -0.3 is 4.90 Å². The molecule has 0 amide bonds. The van der Waals surface area contributed by atoms with Crippen LogP contribution >= 0.6 is 0 Å². The Hall–Kier alpha value is -1.16. The minimum atomic E-state index is 0.406. The van der Waals surface area contributed by atoms with Gasteiger partial charge in [-0.3, -0.25) is 4.90 Å². The molecule has 22 heavy (non-hydrogen) atoms. The predicted molar refractivity (Wildman–Crippen MR) is 89.2 cm³/mol. The number of hydrogen-bond acceptors (Lipinski definition) is 4. The number of rotatable bonds is 3.